The van der Waals surface area contributed by atoms with E-state index in [-0.39, 0.29) is 0 Å². The van der Waals surface area contributed by atoms with Gasteiger partial charge in [-0.05, 0) is 37.6 Å². The number of alkyl halides is 1. The minimum absolute atomic E-state index is 0.426. The van der Waals surface area contributed by atoms with E-state index in [0.29, 0.717) is 11.3 Å². The van der Waals surface area contributed by atoms with Gasteiger partial charge in [-0.2, -0.15) is 0 Å². The van der Waals surface area contributed by atoms with E-state index in [9.17, 15) is 0 Å². The topological polar surface area (TPSA) is 3.24 Å². The number of likely N-dealkylation sites (tertiary alicyclic amines) is 1. The summed E-state index contributed by atoms with van der Waals surface area (Å²) in [6, 6.07) is 0. The monoisotopic (exact) mass is 215 g/mol. The largest absolute Gasteiger partial charge is 0.303 e. The predicted octanol–water partition coefficient (Wildman–Crippen LogP) is 3.13. The molecular weight excluding hydrogens is 194 g/mol. The SMILES string of the molecule is CC1CN(CC2CCCC2)CCC1Cl. The van der Waals surface area contributed by atoms with Crippen LogP contribution in [-0.4, -0.2) is 29.9 Å². The molecule has 2 aliphatic rings. The Morgan fingerprint density at radius 2 is 1.93 bits per heavy atom. The first-order valence-electron chi connectivity index (χ1n) is 6.12. The first-order chi connectivity index (χ1) is 6.75. The molecule has 0 spiro atoms. The maximum Gasteiger partial charge on any atom is 0.0386 e. The molecule has 1 aliphatic heterocycles. The van der Waals surface area contributed by atoms with Gasteiger partial charge in [-0.1, -0.05) is 19.8 Å². The highest BCUT2D eigenvalue weighted by atomic mass is 35.5. The van der Waals surface area contributed by atoms with E-state index in [1.165, 1.54) is 51.7 Å². The Morgan fingerprint density at radius 1 is 1.21 bits per heavy atom. The molecule has 0 aromatic heterocycles. The third-order valence-corrected chi connectivity index (χ3v) is 4.52. The van der Waals surface area contributed by atoms with Crippen LogP contribution < -0.4 is 0 Å². The molecule has 1 nitrogen and oxygen atoms in total. The maximum atomic E-state index is 6.22. The Labute approximate surface area is 92.8 Å². The molecule has 0 bridgehead atoms. The molecule has 1 aliphatic carbocycles. The fraction of sp³-hybridized carbons (Fsp3) is 1.00. The summed E-state index contributed by atoms with van der Waals surface area (Å²) in [6.07, 6.45) is 7.05. The predicted molar refractivity (Wildman–Crippen MR) is 61.8 cm³/mol. The summed E-state index contributed by atoms with van der Waals surface area (Å²) in [5.74, 6) is 1.68. The van der Waals surface area contributed by atoms with Crippen LogP contribution in [0.25, 0.3) is 0 Å². The summed E-state index contributed by atoms with van der Waals surface area (Å²) in [6.45, 7) is 6.09. The summed E-state index contributed by atoms with van der Waals surface area (Å²) < 4.78 is 0. The van der Waals surface area contributed by atoms with Crippen LogP contribution in [-0.2, 0) is 0 Å². The number of piperidine rings is 1. The molecule has 2 atom stereocenters. The van der Waals surface area contributed by atoms with Crippen LogP contribution in [0.3, 0.4) is 0 Å². The Kier molecular flexibility index (Phi) is 3.73. The molecule has 1 saturated carbocycles. The summed E-state index contributed by atoms with van der Waals surface area (Å²) >= 11 is 6.22. The van der Waals surface area contributed by atoms with Gasteiger partial charge < -0.3 is 4.90 Å². The van der Waals surface area contributed by atoms with Crippen LogP contribution in [0.15, 0.2) is 0 Å². The Balaban J connectivity index is 1.75. The fourth-order valence-electron chi connectivity index (χ4n) is 2.93. The van der Waals surface area contributed by atoms with Gasteiger partial charge in [0.05, 0.1) is 0 Å². The normalized spacial score (nSPS) is 36.4. The number of rotatable bonds is 2. The van der Waals surface area contributed by atoms with Crippen LogP contribution in [0.2, 0.25) is 0 Å². The van der Waals surface area contributed by atoms with Gasteiger partial charge >= 0.3 is 0 Å². The van der Waals surface area contributed by atoms with Crippen molar-refractivity contribution < 1.29 is 0 Å². The molecule has 2 fully saturated rings. The van der Waals surface area contributed by atoms with Gasteiger partial charge in [-0.25, -0.2) is 0 Å². The van der Waals surface area contributed by atoms with Crippen molar-refractivity contribution in [3.63, 3.8) is 0 Å². The van der Waals surface area contributed by atoms with E-state index >= 15 is 0 Å². The summed E-state index contributed by atoms with van der Waals surface area (Å²) in [5, 5.41) is 0.426. The van der Waals surface area contributed by atoms with E-state index in [0.717, 1.165) is 5.92 Å². The molecule has 14 heavy (non-hydrogen) atoms. The van der Waals surface area contributed by atoms with Crippen LogP contribution in [0, 0.1) is 11.8 Å². The lowest BCUT2D eigenvalue weighted by Gasteiger charge is -2.35. The lowest BCUT2D eigenvalue weighted by Crippen LogP contribution is -2.41. The second-order valence-corrected chi connectivity index (χ2v) is 5.75. The summed E-state index contributed by atoms with van der Waals surface area (Å²) in [7, 11) is 0. The highest BCUT2D eigenvalue weighted by molar-refractivity contribution is 6.20. The second-order valence-electron chi connectivity index (χ2n) is 5.19. The average molecular weight is 216 g/mol. The van der Waals surface area contributed by atoms with Crippen LogP contribution in [0.5, 0.6) is 0 Å². The molecule has 0 N–H and O–H groups in total. The van der Waals surface area contributed by atoms with Crippen molar-refractivity contribution in [1.29, 1.82) is 0 Å². The van der Waals surface area contributed by atoms with Gasteiger partial charge in [0.2, 0.25) is 0 Å². The molecule has 1 heterocycles. The van der Waals surface area contributed by atoms with Gasteiger partial charge in [0.15, 0.2) is 0 Å². The molecule has 82 valence electrons. The van der Waals surface area contributed by atoms with Gasteiger partial charge in [0.1, 0.15) is 0 Å². The zero-order chi connectivity index (χ0) is 9.97. The van der Waals surface area contributed by atoms with Crippen molar-refractivity contribution in [3.8, 4) is 0 Å². The molecule has 0 amide bonds. The lowest BCUT2D eigenvalue weighted by molar-refractivity contribution is 0.162. The highest BCUT2D eigenvalue weighted by Gasteiger charge is 2.26. The van der Waals surface area contributed by atoms with Crippen LogP contribution in [0.1, 0.15) is 39.0 Å². The molecule has 2 heteroatoms. The Hall–Kier alpha value is 0.250. The van der Waals surface area contributed by atoms with Crippen molar-refractivity contribution in [2.45, 2.75) is 44.4 Å². The average Bonchev–Trinajstić information content (AvgIpc) is 2.64. The zero-order valence-corrected chi connectivity index (χ0v) is 9.97. The number of hydrogen-bond acceptors (Lipinski definition) is 1. The van der Waals surface area contributed by atoms with Crippen molar-refractivity contribution in [2.75, 3.05) is 19.6 Å². The van der Waals surface area contributed by atoms with Crippen LogP contribution >= 0.6 is 11.6 Å². The van der Waals surface area contributed by atoms with Crippen molar-refractivity contribution in [3.05, 3.63) is 0 Å². The quantitative estimate of drug-likeness (QED) is 0.640. The van der Waals surface area contributed by atoms with Crippen LogP contribution in [0.4, 0.5) is 0 Å². The molecule has 0 aromatic carbocycles. The first kappa shape index (κ1) is 10.8. The minimum Gasteiger partial charge on any atom is -0.303 e. The Morgan fingerprint density at radius 3 is 2.57 bits per heavy atom. The van der Waals surface area contributed by atoms with Crippen molar-refractivity contribution in [2.24, 2.45) is 11.8 Å². The van der Waals surface area contributed by atoms with Crippen molar-refractivity contribution >= 4 is 11.6 Å². The van der Waals surface area contributed by atoms with E-state index in [4.69, 9.17) is 11.6 Å². The molecule has 2 unspecified atom stereocenters. The standard InChI is InChI=1S/C12H22ClN/c1-10-8-14(7-6-12(10)13)9-11-4-2-3-5-11/h10-12H,2-9H2,1H3. The van der Waals surface area contributed by atoms with Gasteiger partial charge in [-0.15, -0.1) is 11.6 Å². The first-order valence-corrected chi connectivity index (χ1v) is 6.56. The highest BCUT2D eigenvalue weighted by Crippen LogP contribution is 2.28. The molecule has 2 rings (SSSR count). The van der Waals surface area contributed by atoms with E-state index in [1.54, 1.807) is 0 Å². The molecule has 0 radical (unpaired) electrons. The van der Waals surface area contributed by atoms with Gasteiger partial charge in [0, 0.05) is 18.5 Å². The molecular formula is C12H22ClN. The third-order valence-electron chi connectivity index (χ3n) is 3.88. The van der Waals surface area contributed by atoms with Gasteiger partial charge in [0.25, 0.3) is 0 Å². The zero-order valence-electron chi connectivity index (χ0n) is 9.21. The van der Waals surface area contributed by atoms with Gasteiger partial charge in [-0.3, -0.25) is 0 Å². The molecule has 0 aromatic rings. The molecule has 1 saturated heterocycles. The summed E-state index contributed by atoms with van der Waals surface area (Å²) in [5.41, 5.74) is 0. The Bertz CT molecular complexity index is 177. The fourth-order valence-corrected chi connectivity index (χ4v) is 3.10. The summed E-state index contributed by atoms with van der Waals surface area (Å²) in [4.78, 5) is 2.64. The number of hydrogen-bond donors (Lipinski definition) is 0. The minimum atomic E-state index is 0.426. The maximum absolute atomic E-state index is 6.22. The second kappa shape index (κ2) is 4.85. The van der Waals surface area contributed by atoms with E-state index in [2.05, 4.69) is 11.8 Å². The smallest absolute Gasteiger partial charge is 0.0386 e. The van der Waals surface area contributed by atoms with E-state index < -0.39 is 0 Å². The van der Waals surface area contributed by atoms with E-state index in [1.807, 2.05) is 0 Å². The number of halogens is 1. The van der Waals surface area contributed by atoms with Crippen molar-refractivity contribution in [1.82, 2.24) is 4.90 Å². The lowest BCUT2D eigenvalue weighted by atomic mass is 9.98. The third kappa shape index (κ3) is 2.64. The number of nitrogens with zero attached hydrogens (tertiary/aromatic N) is 1.